The number of para-hydroxylation sites is 1. The molecule has 0 unspecified atom stereocenters. The van der Waals surface area contributed by atoms with Crippen LogP contribution in [0.2, 0.25) is 0 Å². The minimum Gasteiger partial charge on any atom is -0.481 e. The molecule has 6 fully saturated rings. The second-order valence-electron chi connectivity index (χ2n) is 22.7. The van der Waals surface area contributed by atoms with E-state index in [0.717, 1.165) is 80.7 Å². The van der Waals surface area contributed by atoms with Gasteiger partial charge in [-0.05, 0) is 143 Å². The minimum absolute atomic E-state index is 0.00110. The summed E-state index contributed by atoms with van der Waals surface area (Å²) in [7, 11) is 2.03. The van der Waals surface area contributed by atoms with Gasteiger partial charge in [-0.15, -0.1) is 0 Å². The second-order valence-corrected chi connectivity index (χ2v) is 22.7. The molecule has 6 aliphatic rings. The molecule has 0 radical (unpaired) electrons. The molecule has 1 aromatic heterocycles. The summed E-state index contributed by atoms with van der Waals surface area (Å²) in [5, 5.41) is 10.8. The third-order valence-electron chi connectivity index (χ3n) is 19.1. The van der Waals surface area contributed by atoms with Crippen LogP contribution in [0, 0.1) is 62.1 Å². The van der Waals surface area contributed by atoms with Gasteiger partial charge in [0.1, 0.15) is 6.10 Å². The lowest BCUT2D eigenvalue weighted by atomic mass is 9.32. The first-order valence-corrected chi connectivity index (χ1v) is 23.5. The van der Waals surface area contributed by atoms with E-state index in [4.69, 9.17) is 4.74 Å². The summed E-state index contributed by atoms with van der Waals surface area (Å²) < 4.78 is 8.30. The van der Waals surface area contributed by atoms with Crippen molar-refractivity contribution in [3.8, 4) is 0 Å². The van der Waals surface area contributed by atoms with Crippen LogP contribution in [-0.2, 0) is 31.0 Å². The molecular weight excluding hydrogens is 763 g/mol. The summed E-state index contributed by atoms with van der Waals surface area (Å²) in [4.78, 5) is 57.7. The first-order valence-electron chi connectivity index (χ1n) is 23.5. The number of ether oxygens (including phenoxy) is 1. The SMILES string of the molecule is C=C(C)[C@@H]1CC[C@]2(C(=O)N3CCN(C(=O)/C=C/c4cn(C)c5ccccc45)CC3)CC[C@]3(C)[C@H](CC[C@@H]4[C@@]5(C)CC[C@H](OC(=O)CC(C)(C)C(=O)O)C(C)(C)[C@@H]5CC[C@]43C)[C@@H]12. The number of aliphatic carboxylic acids is 1. The molecule has 5 aliphatic carbocycles. The average Bonchev–Trinajstić information content (AvgIpc) is 3.76. The van der Waals surface area contributed by atoms with Gasteiger partial charge < -0.3 is 24.2 Å². The number of allylic oxidation sites excluding steroid dienone is 1. The zero-order chi connectivity index (χ0) is 44.1. The number of aromatic nitrogens is 1. The quantitative estimate of drug-likeness (QED) is 0.161. The van der Waals surface area contributed by atoms with Crippen molar-refractivity contribution in [1.82, 2.24) is 14.4 Å². The first kappa shape index (κ1) is 43.8. The van der Waals surface area contributed by atoms with Gasteiger partial charge in [-0.3, -0.25) is 19.2 Å². The third kappa shape index (κ3) is 6.74. The van der Waals surface area contributed by atoms with Gasteiger partial charge in [-0.2, -0.15) is 0 Å². The number of benzene rings is 1. The Morgan fingerprint density at radius 3 is 2.23 bits per heavy atom. The molecule has 2 amide bonds. The minimum atomic E-state index is -1.16. The van der Waals surface area contributed by atoms with Gasteiger partial charge in [0.15, 0.2) is 0 Å². The number of carbonyl (C=O) groups excluding carboxylic acids is 3. The smallest absolute Gasteiger partial charge is 0.309 e. The fraction of sp³-hybridized carbons (Fsp3) is 0.692. The molecule has 1 N–H and O–H groups in total. The molecule has 2 aromatic rings. The second kappa shape index (κ2) is 15.1. The molecule has 10 atom stereocenters. The van der Waals surface area contributed by atoms with E-state index < -0.39 is 22.8 Å². The van der Waals surface area contributed by atoms with E-state index in [9.17, 15) is 19.5 Å². The van der Waals surface area contributed by atoms with Crippen LogP contribution in [0.1, 0.15) is 132 Å². The monoisotopic (exact) mass is 836 g/mol. The number of hydrogen-bond donors (Lipinski definition) is 1. The highest BCUT2D eigenvalue weighted by Crippen LogP contribution is 2.77. The molecule has 332 valence electrons. The van der Waals surface area contributed by atoms with E-state index in [1.807, 2.05) is 30.2 Å². The Balaban J connectivity index is 0.980. The van der Waals surface area contributed by atoms with Crippen molar-refractivity contribution in [2.75, 3.05) is 26.2 Å². The fourth-order valence-corrected chi connectivity index (χ4v) is 15.6. The Labute approximate surface area is 364 Å². The molecule has 0 spiro atoms. The zero-order valence-electron chi connectivity index (χ0n) is 38.6. The van der Waals surface area contributed by atoms with E-state index >= 15 is 4.79 Å². The Kier molecular flexibility index (Phi) is 10.9. The highest BCUT2D eigenvalue weighted by atomic mass is 16.5. The maximum atomic E-state index is 15.2. The maximum Gasteiger partial charge on any atom is 0.309 e. The van der Waals surface area contributed by atoms with E-state index in [1.54, 1.807) is 19.9 Å². The van der Waals surface area contributed by atoms with Crippen molar-refractivity contribution in [2.24, 2.45) is 69.1 Å². The van der Waals surface area contributed by atoms with Crippen LogP contribution in [0.25, 0.3) is 17.0 Å². The van der Waals surface area contributed by atoms with E-state index in [1.165, 1.54) is 5.57 Å². The van der Waals surface area contributed by atoms with Crippen LogP contribution >= 0.6 is 0 Å². The average molecular weight is 836 g/mol. The number of rotatable bonds is 8. The number of nitrogens with zero attached hydrogens (tertiary/aromatic N) is 3. The number of amides is 2. The number of carboxylic acid groups (broad SMARTS) is 1. The highest BCUT2D eigenvalue weighted by molar-refractivity contribution is 5.96. The van der Waals surface area contributed by atoms with E-state index in [2.05, 4.69) is 75.9 Å². The lowest BCUT2D eigenvalue weighted by Gasteiger charge is -2.73. The maximum absolute atomic E-state index is 15.2. The molecule has 61 heavy (non-hydrogen) atoms. The number of hydrogen-bond acceptors (Lipinski definition) is 5. The number of carboxylic acids is 1. The van der Waals surface area contributed by atoms with Crippen molar-refractivity contribution in [3.63, 3.8) is 0 Å². The van der Waals surface area contributed by atoms with Gasteiger partial charge in [0, 0.05) is 67.4 Å². The number of aryl methyl sites for hydroxylation is 1. The Morgan fingerprint density at radius 2 is 1.54 bits per heavy atom. The van der Waals surface area contributed by atoms with E-state index in [0.29, 0.717) is 55.8 Å². The molecule has 9 nitrogen and oxygen atoms in total. The number of piperazine rings is 1. The van der Waals surface area contributed by atoms with Crippen molar-refractivity contribution >= 4 is 40.7 Å². The number of carbonyl (C=O) groups is 4. The molecule has 0 bridgehead atoms. The van der Waals surface area contributed by atoms with Gasteiger partial charge >= 0.3 is 11.9 Å². The van der Waals surface area contributed by atoms with Crippen molar-refractivity contribution in [1.29, 1.82) is 0 Å². The Bertz CT molecular complexity index is 2140. The molecule has 1 aliphatic heterocycles. The topological polar surface area (TPSA) is 109 Å². The Morgan fingerprint density at radius 1 is 0.852 bits per heavy atom. The van der Waals surface area contributed by atoms with Crippen LogP contribution < -0.4 is 0 Å². The number of fused-ring (bicyclic) bond motifs is 8. The predicted molar refractivity (Wildman–Crippen MR) is 240 cm³/mol. The first-order chi connectivity index (χ1) is 28.6. The zero-order valence-corrected chi connectivity index (χ0v) is 38.6. The number of esters is 1. The molecule has 1 saturated heterocycles. The molecular formula is C52H73N3O6. The summed E-state index contributed by atoms with van der Waals surface area (Å²) in [5.41, 5.74) is 1.87. The summed E-state index contributed by atoms with van der Waals surface area (Å²) in [5.74, 6) is 0.866. The fourth-order valence-electron chi connectivity index (χ4n) is 15.6. The summed E-state index contributed by atoms with van der Waals surface area (Å²) in [6.07, 6.45) is 15.5. The molecule has 8 rings (SSSR count). The van der Waals surface area contributed by atoms with Crippen LogP contribution in [0.4, 0.5) is 0 Å². The standard InChI is InChI=1S/C52H73N3O6/c1-33(2)35-19-24-52(45(58)55-29-27-54(28-30-55)42(56)18-15-34-32-53(10)38-14-12-11-13-36(34)38)26-25-50(8)37(44(35)52)16-17-40-49(7)22-21-41(61-43(57)31-47(3,4)46(59)60)48(5,6)39(49)20-23-51(40,50)9/h11-15,18,32,35,37,39-41,44H,1,16-17,19-31H2,2-10H3,(H,59,60)/b18-15+/t35-,37+,39-,40+,41-,44+,49-,50+,51+,52-/m0/s1. The lowest BCUT2D eigenvalue weighted by Crippen LogP contribution is -2.68. The lowest BCUT2D eigenvalue weighted by molar-refractivity contribution is -0.250. The molecule has 2 heterocycles. The van der Waals surface area contributed by atoms with Gasteiger partial charge in [-0.25, -0.2) is 0 Å². The summed E-state index contributed by atoms with van der Waals surface area (Å²) in [6, 6.07) is 8.24. The molecule has 5 saturated carbocycles. The van der Waals surface area contributed by atoms with Crippen LogP contribution in [0.15, 0.2) is 48.7 Å². The van der Waals surface area contributed by atoms with Gasteiger partial charge in [0.2, 0.25) is 11.8 Å². The highest BCUT2D eigenvalue weighted by Gasteiger charge is 2.72. The van der Waals surface area contributed by atoms with Crippen molar-refractivity contribution in [2.45, 2.75) is 132 Å². The normalized spacial score (nSPS) is 37.1. The predicted octanol–water partition coefficient (Wildman–Crippen LogP) is 9.93. The van der Waals surface area contributed by atoms with Gasteiger partial charge in [0.05, 0.1) is 17.3 Å². The van der Waals surface area contributed by atoms with Crippen LogP contribution in [0.5, 0.6) is 0 Å². The largest absolute Gasteiger partial charge is 0.481 e. The van der Waals surface area contributed by atoms with Crippen LogP contribution in [-0.4, -0.2) is 75.5 Å². The van der Waals surface area contributed by atoms with Crippen molar-refractivity contribution < 1.29 is 29.0 Å². The van der Waals surface area contributed by atoms with Crippen molar-refractivity contribution in [3.05, 3.63) is 54.3 Å². The third-order valence-corrected chi connectivity index (χ3v) is 19.1. The van der Waals surface area contributed by atoms with Gasteiger partial charge in [-0.1, -0.05) is 65.0 Å². The van der Waals surface area contributed by atoms with Crippen LogP contribution in [0.3, 0.4) is 0 Å². The molecule has 9 heteroatoms. The summed E-state index contributed by atoms with van der Waals surface area (Å²) in [6.45, 7) is 24.5. The Hall–Kier alpha value is -3.88. The molecule has 1 aromatic carbocycles. The summed E-state index contributed by atoms with van der Waals surface area (Å²) >= 11 is 0. The van der Waals surface area contributed by atoms with E-state index in [-0.39, 0.29) is 46.0 Å². The van der Waals surface area contributed by atoms with Gasteiger partial charge in [0.25, 0.3) is 0 Å².